The molecule has 1 aromatic carbocycles. The van der Waals surface area contributed by atoms with E-state index in [0.717, 1.165) is 5.56 Å². The molecule has 1 aliphatic heterocycles. The van der Waals surface area contributed by atoms with Crippen LogP contribution in [0.15, 0.2) is 24.3 Å². The molecule has 4 nitrogen and oxygen atoms in total. The Morgan fingerprint density at radius 2 is 2.21 bits per heavy atom. The lowest BCUT2D eigenvalue weighted by Gasteiger charge is -2.11. The average Bonchev–Trinajstić information content (AvgIpc) is 2.54. The van der Waals surface area contributed by atoms with Crippen LogP contribution in [0.4, 0.5) is 0 Å². The second-order valence-electron chi connectivity index (χ2n) is 3.04. The van der Waals surface area contributed by atoms with E-state index in [1.54, 1.807) is 6.07 Å². The highest BCUT2D eigenvalue weighted by Crippen LogP contribution is 2.25. The van der Waals surface area contributed by atoms with E-state index < -0.39 is 6.23 Å². The number of carbonyl (C=O) groups excluding carboxylic acids is 1. The smallest absolute Gasteiger partial charge is 0.253 e. The molecule has 0 saturated heterocycles. The van der Waals surface area contributed by atoms with Gasteiger partial charge in [-0.3, -0.25) is 4.79 Å². The SMILES string of the molecule is O=C1NC(OCCO)c2ccccc21. The maximum Gasteiger partial charge on any atom is 0.253 e. The summed E-state index contributed by atoms with van der Waals surface area (Å²) in [7, 11) is 0. The number of aliphatic hydroxyl groups is 1. The van der Waals surface area contributed by atoms with Crippen molar-refractivity contribution >= 4 is 5.91 Å². The normalized spacial score (nSPS) is 19.2. The van der Waals surface area contributed by atoms with E-state index in [1.165, 1.54) is 0 Å². The van der Waals surface area contributed by atoms with Crippen LogP contribution in [-0.4, -0.2) is 24.2 Å². The summed E-state index contributed by atoms with van der Waals surface area (Å²) in [5.41, 5.74) is 1.49. The lowest BCUT2D eigenvalue weighted by atomic mass is 10.1. The zero-order valence-corrected chi connectivity index (χ0v) is 7.56. The summed E-state index contributed by atoms with van der Waals surface area (Å²) < 4.78 is 5.27. The highest BCUT2D eigenvalue weighted by atomic mass is 16.5. The molecule has 0 bridgehead atoms. The fourth-order valence-electron chi connectivity index (χ4n) is 1.51. The maximum atomic E-state index is 11.4. The van der Waals surface area contributed by atoms with E-state index in [4.69, 9.17) is 9.84 Å². The molecule has 1 aliphatic rings. The molecule has 2 rings (SSSR count). The molecule has 1 atom stereocenters. The van der Waals surface area contributed by atoms with Gasteiger partial charge < -0.3 is 15.2 Å². The van der Waals surface area contributed by atoms with Crippen molar-refractivity contribution in [3.05, 3.63) is 35.4 Å². The molecular weight excluding hydrogens is 182 g/mol. The summed E-state index contributed by atoms with van der Waals surface area (Å²) in [5, 5.41) is 11.3. The molecule has 4 heteroatoms. The second-order valence-corrected chi connectivity index (χ2v) is 3.04. The van der Waals surface area contributed by atoms with Crippen molar-refractivity contribution in [2.24, 2.45) is 0 Å². The van der Waals surface area contributed by atoms with E-state index >= 15 is 0 Å². The number of benzene rings is 1. The number of hydrogen-bond acceptors (Lipinski definition) is 3. The van der Waals surface area contributed by atoms with Crippen LogP contribution in [0.25, 0.3) is 0 Å². The van der Waals surface area contributed by atoms with Crippen LogP contribution < -0.4 is 5.32 Å². The van der Waals surface area contributed by atoms with Crippen LogP contribution in [0.3, 0.4) is 0 Å². The monoisotopic (exact) mass is 193 g/mol. The molecule has 1 unspecified atom stereocenters. The number of carbonyl (C=O) groups is 1. The Bertz CT molecular complexity index is 351. The predicted molar refractivity (Wildman–Crippen MR) is 49.7 cm³/mol. The quantitative estimate of drug-likeness (QED) is 0.732. The first-order chi connectivity index (χ1) is 6.83. The fraction of sp³-hybridized carbons (Fsp3) is 0.300. The lowest BCUT2D eigenvalue weighted by Crippen LogP contribution is -2.22. The van der Waals surface area contributed by atoms with Crippen molar-refractivity contribution in [1.82, 2.24) is 5.32 Å². The Kier molecular flexibility index (Phi) is 2.47. The van der Waals surface area contributed by atoms with Gasteiger partial charge in [-0.2, -0.15) is 0 Å². The highest BCUT2D eigenvalue weighted by molar-refractivity contribution is 5.98. The van der Waals surface area contributed by atoms with Crippen molar-refractivity contribution in [2.45, 2.75) is 6.23 Å². The van der Waals surface area contributed by atoms with Gasteiger partial charge in [0.05, 0.1) is 13.2 Å². The molecule has 2 N–H and O–H groups in total. The second kappa shape index (κ2) is 3.77. The standard InChI is InChI=1S/C10H11NO3/c12-5-6-14-10-8-4-2-1-3-7(8)9(13)11-10/h1-4,10,12H,5-6H2,(H,11,13). The predicted octanol–water partition coefficient (Wildman–Crippen LogP) is 0.438. The van der Waals surface area contributed by atoms with Crippen LogP contribution >= 0.6 is 0 Å². The van der Waals surface area contributed by atoms with Gasteiger partial charge in [-0.05, 0) is 6.07 Å². The molecule has 1 amide bonds. The summed E-state index contributed by atoms with van der Waals surface area (Å²) in [6.07, 6.45) is -0.411. The van der Waals surface area contributed by atoms with Gasteiger partial charge in [-0.25, -0.2) is 0 Å². The van der Waals surface area contributed by atoms with E-state index in [9.17, 15) is 4.79 Å². The van der Waals surface area contributed by atoms with Crippen LogP contribution in [0.1, 0.15) is 22.1 Å². The van der Waals surface area contributed by atoms with Crippen LogP contribution in [-0.2, 0) is 4.74 Å². The number of aliphatic hydroxyl groups excluding tert-OH is 1. The largest absolute Gasteiger partial charge is 0.394 e. The third kappa shape index (κ3) is 1.49. The molecule has 0 spiro atoms. The first-order valence-corrected chi connectivity index (χ1v) is 4.45. The minimum absolute atomic E-state index is 0.0471. The molecule has 0 radical (unpaired) electrons. The van der Waals surface area contributed by atoms with Crippen LogP contribution in [0.5, 0.6) is 0 Å². The highest BCUT2D eigenvalue weighted by Gasteiger charge is 2.27. The number of nitrogens with one attached hydrogen (secondary N) is 1. The molecule has 14 heavy (non-hydrogen) atoms. The number of fused-ring (bicyclic) bond motifs is 1. The molecular formula is C10H11NO3. The van der Waals surface area contributed by atoms with E-state index in [2.05, 4.69) is 5.32 Å². The van der Waals surface area contributed by atoms with Gasteiger partial charge in [0.15, 0.2) is 6.23 Å². The van der Waals surface area contributed by atoms with Crippen molar-refractivity contribution in [2.75, 3.05) is 13.2 Å². The average molecular weight is 193 g/mol. The van der Waals surface area contributed by atoms with Gasteiger partial charge >= 0.3 is 0 Å². The zero-order valence-electron chi connectivity index (χ0n) is 7.56. The molecule has 0 fully saturated rings. The van der Waals surface area contributed by atoms with Gasteiger partial charge in [0.2, 0.25) is 0 Å². The minimum Gasteiger partial charge on any atom is -0.394 e. The number of rotatable bonds is 3. The molecule has 0 aliphatic carbocycles. The first-order valence-electron chi connectivity index (χ1n) is 4.45. The van der Waals surface area contributed by atoms with Crippen LogP contribution in [0.2, 0.25) is 0 Å². The number of hydrogen-bond donors (Lipinski definition) is 2. The Hall–Kier alpha value is -1.39. The summed E-state index contributed by atoms with van der Waals surface area (Å²) in [6, 6.07) is 7.27. The molecule has 1 aromatic rings. The van der Waals surface area contributed by atoms with Gasteiger partial charge in [0.1, 0.15) is 0 Å². The lowest BCUT2D eigenvalue weighted by molar-refractivity contribution is 0.0148. The van der Waals surface area contributed by atoms with Gasteiger partial charge in [-0.15, -0.1) is 0 Å². The third-order valence-corrected chi connectivity index (χ3v) is 2.13. The topological polar surface area (TPSA) is 58.6 Å². The fourth-order valence-corrected chi connectivity index (χ4v) is 1.51. The number of amides is 1. The zero-order chi connectivity index (χ0) is 9.97. The van der Waals surface area contributed by atoms with Gasteiger partial charge in [-0.1, -0.05) is 18.2 Å². The maximum absolute atomic E-state index is 11.4. The van der Waals surface area contributed by atoms with Crippen molar-refractivity contribution in [3.8, 4) is 0 Å². The molecule has 1 heterocycles. The first kappa shape index (κ1) is 9.18. The summed E-state index contributed by atoms with van der Waals surface area (Å²) in [5.74, 6) is -0.122. The van der Waals surface area contributed by atoms with E-state index in [0.29, 0.717) is 5.56 Å². The van der Waals surface area contributed by atoms with E-state index in [1.807, 2.05) is 18.2 Å². The Morgan fingerprint density at radius 3 is 3.00 bits per heavy atom. The van der Waals surface area contributed by atoms with Gasteiger partial charge in [0.25, 0.3) is 5.91 Å². The molecule has 0 aromatic heterocycles. The van der Waals surface area contributed by atoms with Crippen LogP contribution in [0, 0.1) is 0 Å². The van der Waals surface area contributed by atoms with Gasteiger partial charge in [0, 0.05) is 11.1 Å². The van der Waals surface area contributed by atoms with Crippen molar-refractivity contribution in [1.29, 1.82) is 0 Å². The Morgan fingerprint density at radius 1 is 1.43 bits per heavy atom. The Labute approximate surface area is 81.5 Å². The third-order valence-electron chi connectivity index (χ3n) is 2.13. The van der Waals surface area contributed by atoms with Crippen molar-refractivity contribution < 1.29 is 14.6 Å². The number of ether oxygens (including phenoxy) is 1. The minimum atomic E-state index is -0.411. The van der Waals surface area contributed by atoms with Crippen molar-refractivity contribution in [3.63, 3.8) is 0 Å². The molecule has 74 valence electrons. The summed E-state index contributed by atoms with van der Waals surface area (Å²) in [4.78, 5) is 11.4. The summed E-state index contributed by atoms with van der Waals surface area (Å²) >= 11 is 0. The summed E-state index contributed by atoms with van der Waals surface area (Å²) in [6.45, 7) is 0.174. The Balaban J connectivity index is 2.21. The molecule has 0 saturated carbocycles. The van der Waals surface area contributed by atoms with E-state index in [-0.39, 0.29) is 19.1 Å².